The molecule has 4 nitrogen and oxygen atoms in total. The number of nitrogens with zero attached hydrogens (tertiary/aromatic N) is 1. The largest absolute Gasteiger partial charge is 0.493 e. The molecule has 2 rings (SSSR count). The van der Waals surface area contributed by atoms with Crippen LogP contribution >= 0.6 is 0 Å². The Morgan fingerprint density at radius 2 is 1.65 bits per heavy atom. The first-order valence-electron chi connectivity index (χ1n) is 9.32. The fourth-order valence-corrected chi connectivity index (χ4v) is 2.76. The fraction of sp³-hybridized carbons (Fsp3) is 0.455. The zero-order valence-electron chi connectivity index (χ0n) is 16.7. The maximum atomic E-state index is 5.65. The lowest BCUT2D eigenvalue weighted by Crippen LogP contribution is -2.25. The zero-order chi connectivity index (χ0) is 18.9. The number of hydrogen-bond donors (Lipinski definition) is 1. The molecule has 1 N–H and O–H groups in total. The Kier molecular flexibility index (Phi) is 7.95. The third kappa shape index (κ3) is 6.04. The number of hydrogen-bond acceptors (Lipinski definition) is 4. The molecule has 0 radical (unpaired) electrons. The van der Waals surface area contributed by atoms with Crippen LogP contribution < -0.4 is 14.8 Å². The minimum atomic E-state index is 0.548. The van der Waals surface area contributed by atoms with Gasteiger partial charge in [-0.05, 0) is 56.6 Å². The molecule has 26 heavy (non-hydrogen) atoms. The van der Waals surface area contributed by atoms with Crippen LogP contribution in [0.1, 0.15) is 37.5 Å². The van der Waals surface area contributed by atoms with Crippen LogP contribution in [0.25, 0.3) is 0 Å². The van der Waals surface area contributed by atoms with Crippen LogP contribution in [-0.2, 0) is 19.6 Å². The van der Waals surface area contributed by atoms with Gasteiger partial charge in [0.15, 0.2) is 11.5 Å². The molecular weight excluding hydrogens is 324 g/mol. The summed E-state index contributed by atoms with van der Waals surface area (Å²) in [6.07, 6.45) is 0. The number of benzene rings is 2. The molecule has 0 atom stereocenters. The first kappa shape index (κ1) is 20.3. The lowest BCUT2D eigenvalue weighted by molar-refractivity contribution is 0.266. The van der Waals surface area contributed by atoms with E-state index in [0.29, 0.717) is 12.6 Å². The van der Waals surface area contributed by atoms with Crippen molar-refractivity contribution in [3.63, 3.8) is 0 Å². The predicted octanol–water partition coefficient (Wildman–Crippen LogP) is 4.22. The smallest absolute Gasteiger partial charge is 0.161 e. The molecule has 0 aliphatic heterocycles. The van der Waals surface area contributed by atoms with E-state index in [1.165, 1.54) is 16.7 Å². The lowest BCUT2D eigenvalue weighted by Gasteiger charge is -2.21. The van der Waals surface area contributed by atoms with Gasteiger partial charge in [0, 0.05) is 25.7 Å². The van der Waals surface area contributed by atoms with Gasteiger partial charge in [0.2, 0.25) is 0 Å². The highest BCUT2D eigenvalue weighted by molar-refractivity contribution is 5.43. The van der Waals surface area contributed by atoms with Gasteiger partial charge in [-0.2, -0.15) is 0 Å². The maximum Gasteiger partial charge on any atom is 0.161 e. The molecule has 0 fully saturated rings. The maximum absolute atomic E-state index is 5.65. The molecule has 0 saturated carbocycles. The van der Waals surface area contributed by atoms with Crippen molar-refractivity contribution in [1.29, 1.82) is 0 Å². The number of methoxy groups -OCH3 is 1. The number of ether oxygens (including phenoxy) is 2. The van der Waals surface area contributed by atoms with E-state index in [1.807, 2.05) is 19.1 Å². The standard InChI is InChI=1S/C22H32N2O2/c1-6-26-22-13-19(10-11-21(22)25-5)15-23-14-18-8-7-9-20(12-18)16-24(4)17(2)3/h7-13,17,23H,6,14-16H2,1-5H3. The van der Waals surface area contributed by atoms with Gasteiger partial charge in [-0.1, -0.05) is 30.3 Å². The van der Waals surface area contributed by atoms with Crippen molar-refractivity contribution in [3.05, 3.63) is 59.2 Å². The van der Waals surface area contributed by atoms with E-state index in [9.17, 15) is 0 Å². The van der Waals surface area contributed by atoms with E-state index < -0.39 is 0 Å². The van der Waals surface area contributed by atoms with Crippen molar-refractivity contribution in [1.82, 2.24) is 10.2 Å². The lowest BCUT2D eigenvalue weighted by atomic mass is 10.1. The molecule has 0 spiro atoms. The molecule has 2 aromatic carbocycles. The monoisotopic (exact) mass is 356 g/mol. The summed E-state index contributed by atoms with van der Waals surface area (Å²) in [5, 5.41) is 3.52. The molecule has 0 unspecified atom stereocenters. The zero-order valence-corrected chi connectivity index (χ0v) is 16.7. The Balaban J connectivity index is 1.92. The average molecular weight is 357 g/mol. The van der Waals surface area contributed by atoms with Crippen molar-refractivity contribution in [2.45, 2.75) is 46.4 Å². The average Bonchev–Trinajstić information content (AvgIpc) is 2.62. The van der Waals surface area contributed by atoms with E-state index in [0.717, 1.165) is 31.1 Å². The van der Waals surface area contributed by atoms with Gasteiger partial charge >= 0.3 is 0 Å². The summed E-state index contributed by atoms with van der Waals surface area (Å²) in [6, 6.07) is 15.4. The Labute approximate surface area is 158 Å². The molecule has 4 heteroatoms. The minimum absolute atomic E-state index is 0.548. The summed E-state index contributed by atoms with van der Waals surface area (Å²) >= 11 is 0. The van der Waals surface area contributed by atoms with E-state index >= 15 is 0 Å². The van der Waals surface area contributed by atoms with Gasteiger partial charge in [0.1, 0.15) is 0 Å². The first-order chi connectivity index (χ1) is 12.5. The first-order valence-corrected chi connectivity index (χ1v) is 9.32. The van der Waals surface area contributed by atoms with Crippen molar-refractivity contribution < 1.29 is 9.47 Å². The summed E-state index contributed by atoms with van der Waals surface area (Å²) in [5.74, 6) is 1.57. The summed E-state index contributed by atoms with van der Waals surface area (Å²) in [6.45, 7) is 9.66. The summed E-state index contributed by atoms with van der Waals surface area (Å²) < 4.78 is 11.0. The highest BCUT2D eigenvalue weighted by atomic mass is 16.5. The fourth-order valence-electron chi connectivity index (χ4n) is 2.76. The van der Waals surface area contributed by atoms with Crippen LogP contribution in [0.2, 0.25) is 0 Å². The number of rotatable bonds is 10. The quantitative estimate of drug-likeness (QED) is 0.691. The molecule has 0 heterocycles. The molecular formula is C22H32N2O2. The highest BCUT2D eigenvalue weighted by Gasteiger charge is 2.06. The molecule has 0 amide bonds. The van der Waals surface area contributed by atoms with Crippen LogP contribution in [0.3, 0.4) is 0 Å². The SMILES string of the molecule is CCOc1cc(CNCc2cccc(CN(C)C(C)C)c2)ccc1OC. The van der Waals surface area contributed by atoms with Crippen molar-refractivity contribution in [2.24, 2.45) is 0 Å². The molecule has 142 valence electrons. The van der Waals surface area contributed by atoms with Crippen LogP contribution in [0.5, 0.6) is 11.5 Å². The van der Waals surface area contributed by atoms with E-state index in [-0.39, 0.29) is 0 Å². The van der Waals surface area contributed by atoms with E-state index in [1.54, 1.807) is 7.11 Å². The normalized spacial score (nSPS) is 11.2. The molecule has 0 aliphatic rings. The van der Waals surface area contributed by atoms with Gasteiger partial charge in [0.05, 0.1) is 13.7 Å². The molecule has 2 aromatic rings. The van der Waals surface area contributed by atoms with Crippen LogP contribution in [-0.4, -0.2) is 31.7 Å². The van der Waals surface area contributed by atoms with E-state index in [2.05, 4.69) is 61.4 Å². The Bertz CT molecular complexity index is 686. The van der Waals surface area contributed by atoms with Gasteiger partial charge in [-0.15, -0.1) is 0 Å². The molecule has 0 aliphatic carbocycles. The van der Waals surface area contributed by atoms with Gasteiger partial charge < -0.3 is 14.8 Å². The van der Waals surface area contributed by atoms with Gasteiger partial charge in [0.25, 0.3) is 0 Å². The summed E-state index contributed by atoms with van der Waals surface area (Å²) in [4.78, 5) is 2.35. The van der Waals surface area contributed by atoms with Crippen LogP contribution in [0.4, 0.5) is 0 Å². The second kappa shape index (κ2) is 10.2. The minimum Gasteiger partial charge on any atom is -0.493 e. The summed E-state index contributed by atoms with van der Waals surface area (Å²) in [5.41, 5.74) is 3.84. The van der Waals surface area contributed by atoms with Gasteiger partial charge in [-0.3, -0.25) is 4.90 Å². The van der Waals surface area contributed by atoms with Gasteiger partial charge in [-0.25, -0.2) is 0 Å². The topological polar surface area (TPSA) is 33.7 Å². The van der Waals surface area contributed by atoms with E-state index in [4.69, 9.17) is 9.47 Å². The summed E-state index contributed by atoms with van der Waals surface area (Å²) in [7, 11) is 3.83. The van der Waals surface area contributed by atoms with Crippen molar-refractivity contribution >= 4 is 0 Å². The Morgan fingerprint density at radius 1 is 0.962 bits per heavy atom. The second-order valence-corrected chi connectivity index (χ2v) is 6.85. The molecule has 0 bridgehead atoms. The Hall–Kier alpha value is -2.04. The number of nitrogens with one attached hydrogen (secondary N) is 1. The van der Waals surface area contributed by atoms with Crippen molar-refractivity contribution in [3.8, 4) is 11.5 Å². The third-order valence-corrected chi connectivity index (χ3v) is 4.49. The van der Waals surface area contributed by atoms with Crippen LogP contribution in [0.15, 0.2) is 42.5 Å². The predicted molar refractivity (Wildman–Crippen MR) is 108 cm³/mol. The Morgan fingerprint density at radius 3 is 2.31 bits per heavy atom. The highest BCUT2D eigenvalue weighted by Crippen LogP contribution is 2.28. The second-order valence-electron chi connectivity index (χ2n) is 6.85. The van der Waals surface area contributed by atoms with Crippen LogP contribution in [0, 0.1) is 0 Å². The molecule has 0 aromatic heterocycles. The molecule has 0 saturated heterocycles. The van der Waals surface area contributed by atoms with Crippen molar-refractivity contribution in [2.75, 3.05) is 20.8 Å². The third-order valence-electron chi connectivity index (χ3n) is 4.49.